The van der Waals surface area contributed by atoms with Crippen LogP contribution in [0.15, 0.2) is 54.6 Å². The molecule has 0 unspecified atom stereocenters. The minimum atomic E-state index is -0.344. The predicted molar refractivity (Wildman–Crippen MR) is 119 cm³/mol. The average Bonchev–Trinajstić information content (AvgIpc) is 2.65. The molecule has 0 amide bonds. The predicted octanol–water partition coefficient (Wildman–Crippen LogP) is 6.66. The van der Waals surface area contributed by atoms with Crippen LogP contribution in [0.3, 0.4) is 0 Å². The summed E-state index contributed by atoms with van der Waals surface area (Å²) in [5, 5.41) is 1.91. The molecule has 29 heavy (non-hydrogen) atoms. The lowest BCUT2D eigenvalue weighted by atomic mass is 9.79. The molecule has 0 heterocycles. The summed E-state index contributed by atoms with van der Waals surface area (Å²) >= 11 is 0. The highest BCUT2D eigenvalue weighted by Crippen LogP contribution is 2.43. The van der Waals surface area contributed by atoms with Gasteiger partial charge in [0.1, 0.15) is 11.5 Å². The van der Waals surface area contributed by atoms with Gasteiger partial charge in [-0.05, 0) is 39.8 Å². The first-order valence-corrected chi connectivity index (χ1v) is 9.95. The number of fused-ring (bicyclic) bond motifs is 1. The van der Waals surface area contributed by atoms with Crippen molar-refractivity contribution in [1.29, 1.82) is 0 Å². The van der Waals surface area contributed by atoms with Crippen LogP contribution in [0.5, 0.6) is 11.5 Å². The van der Waals surface area contributed by atoms with Gasteiger partial charge in [0.2, 0.25) is 0 Å². The molecule has 0 aliphatic carbocycles. The molecular formula is C26H30O3. The van der Waals surface area contributed by atoms with E-state index in [1.54, 1.807) is 7.11 Å². The van der Waals surface area contributed by atoms with E-state index in [1.165, 1.54) is 0 Å². The molecule has 0 radical (unpaired) electrons. The molecule has 0 fully saturated rings. The van der Waals surface area contributed by atoms with E-state index < -0.39 is 0 Å². The quantitative estimate of drug-likeness (QED) is 0.370. The lowest BCUT2D eigenvalue weighted by Crippen LogP contribution is -2.22. The Kier molecular flexibility index (Phi) is 5.44. The Morgan fingerprint density at radius 1 is 0.793 bits per heavy atom. The molecule has 0 aromatic heterocycles. The van der Waals surface area contributed by atoms with Crippen molar-refractivity contribution in [3.05, 3.63) is 71.3 Å². The molecule has 0 bridgehead atoms. The SMILES string of the molecule is COc1cc(C(C)(C)C)c(OC(=O)c2cccc3ccccc23)c(C(C)(C)C)c1. The van der Waals surface area contributed by atoms with Crippen LogP contribution in [-0.4, -0.2) is 13.1 Å². The molecule has 0 saturated carbocycles. The molecule has 3 aromatic rings. The number of benzene rings is 3. The van der Waals surface area contributed by atoms with Crippen molar-refractivity contribution in [2.24, 2.45) is 0 Å². The summed E-state index contributed by atoms with van der Waals surface area (Å²) in [6.45, 7) is 12.7. The van der Waals surface area contributed by atoms with E-state index in [1.807, 2.05) is 54.6 Å². The Hall–Kier alpha value is -2.81. The number of rotatable bonds is 3. The third kappa shape index (κ3) is 4.29. The van der Waals surface area contributed by atoms with Crippen molar-refractivity contribution in [2.75, 3.05) is 7.11 Å². The monoisotopic (exact) mass is 390 g/mol. The van der Waals surface area contributed by atoms with Crippen LogP contribution < -0.4 is 9.47 Å². The van der Waals surface area contributed by atoms with Crippen LogP contribution in [0.2, 0.25) is 0 Å². The number of methoxy groups -OCH3 is 1. The van der Waals surface area contributed by atoms with E-state index in [4.69, 9.17) is 9.47 Å². The fourth-order valence-electron chi connectivity index (χ4n) is 3.50. The highest BCUT2D eigenvalue weighted by molar-refractivity contribution is 6.05. The van der Waals surface area contributed by atoms with Crippen molar-refractivity contribution >= 4 is 16.7 Å². The third-order valence-electron chi connectivity index (χ3n) is 5.12. The van der Waals surface area contributed by atoms with Gasteiger partial charge in [-0.25, -0.2) is 4.79 Å². The van der Waals surface area contributed by atoms with Gasteiger partial charge < -0.3 is 9.47 Å². The smallest absolute Gasteiger partial charge is 0.344 e. The molecule has 0 saturated heterocycles. The topological polar surface area (TPSA) is 35.5 Å². The Bertz CT molecular complexity index is 1010. The zero-order chi connectivity index (χ0) is 21.4. The summed E-state index contributed by atoms with van der Waals surface area (Å²) in [5.74, 6) is 1.05. The molecule has 0 N–H and O–H groups in total. The van der Waals surface area contributed by atoms with Gasteiger partial charge in [0.25, 0.3) is 0 Å². The van der Waals surface area contributed by atoms with E-state index >= 15 is 0 Å². The summed E-state index contributed by atoms with van der Waals surface area (Å²) in [7, 11) is 1.66. The van der Waals surface area contributed by atoms with Gasteiger partial charge in [-0.2, -0.15) is 0 Å². The van der Waals surface area contributed by atoms with Crippen LogP contribution in [0.25, 0.3) is 10.8 Å². The highest BCUT2D eigenvalue weighted by atomic mass is 16.5. The number of carbonyl (C=O) groups excluding carboxylic acids is 1. The molecule has 0 aliphatic heterocycles. The standard InChI is InChI=1S/C26H30O3/c1-25(2,3)21-15-18(28-7)16-22(26(4,5)6)23(21)29-24(27)20-14-10-12-17-11-8-9-13-19(17)20/h8-16H,1-7H3. The van der Waals surface area contributed by atoms with Crippen molar-refractivity contribution < 1.29 is 14.3 Å². The van der Waals surface area contributed by atoms with Crippen LogP contribution >= 0.6 is 0 Å². The van der Waals surface area contributed by atoms with E-state index in [9.17, 15) is 4.79 Å². The first-order chi connectivity index (χ1) is 13.5. The summed E-state index contributed by atoms with van der Waals surface area (Å²) in [6, 6.07) is 17.5. The molecule has 0 atom stereocenters. The third-order valence-corrected chi connectivity index (χ3v) is 5.12. The molecule has 3 rings (SSSR count). The maximum Gasteiger partial charge on any atom is 0.344 e. The van der Waals surface area contributed by atoms with Crippen LogP contribution in [-0.2, 0) is 10.8 Å². The molecule has 0 spiro atoms. The lowest BCUT2D eigenvalue weighted by Gasteiger charge is -2.29. The van der Waals surface area contributed by atoms with Crippen molar-refractivity contribution in [2.45, 2.75) is 52.4 Å². The Balaban J connectivity index is 2.18. The van der Waals surface area contributed by atoms with Crippen LogP contribution in [0.1, 0.15) is 63.0 Å². The van der Waals surface area contributed by atoms with E-state index in [0.717, 1.165) is 27.6 Å². The van der Waals surface area contributed by atoms with Crippen LogP contribution in [0, 0.1) is 0 Å². The number of hydrogen-bond acceptors (Lipinski definition) is 3. The second-order valence-corrected chi connectivity index (χ2v) is 9.47. The fraction of sp³-hybridized carbons (Fsp3) is 0.346. The molecule has 3 aromatic carbocycles. The van der Waals surface area contributed by atoms with Gasteiger partial charge >= 0.3 is 5.97 Å². The largest absolute Gasteiger partial charge is 0.497 e. The minimum absolute atomic E-state index is 0.219. The minimum Gasteiger partial charge on any atom is -0.497 e. The Morgan fingerprint density at radius 3 is 1.90 bits per heavy atom. The number of ether oxygens (including phenoxy) is 2. The zero-order valence-corrected chi connectivity index (χ0v) is 18.4. The second-order valence-electron chi connectivity index (χ2n) is 9.47. The summed E-state index contributed by atoms with van der Waals surface area (Å²) < 4.78 is 11.7. The van der Waals surface area contributed by atoms with Gasteiger partial charge in [-0.3, -0.25) is 0 Å². The fourth-order valence-corrected chi connectivity index (χ4v) is 3.50. The highest BCUT2D eigenvalue weighted by Gasteiger charge is 2.30. The second kappa shape index (κ2) is 7.55. The molecular weight excluding hydrogens is 360 g/mol. The van der Waals surface area contributed by atoms with Crippen molar-refractivity contribution in [3.8, 4) is 11.5 Å². The number of hydrogen-bond donors (Lipinski definition) is 0. The van der Waals surface area contributed by atoms with Gasteiger partial charge in [0.05, 0.1) is 12.7 Å². The van der Waals surface area contributed by atoms with Crippen molar-refractivity contribution in [3.63, 3.8) is 0 Å². The van der Waals surface area contributed by atoms with Crippen molar-refractivity contribution in [1.82, 2.24) is 0 Å². The normalized spacial score (nSPS) is 12.1. The van der Waals surface area contributed by atoms with Gasteiger partial charge in [0.15, 0.2) is 0 Å². The van der Waals surface area contributed by atoms with Gasteiger partial charge in [0, 0.05) is 11.1 Å². The average molecular weight is 391 g/mol. The molecule has 3 nitrogen and oxygen atoms in total. The van der Waals surface area contributed by atoms with Gasteiger partial charge in [-0.1, -0.05) is 77.9 Å². The van der Waals surface area contributed by atoms with E-state index in [-0.39, 0.29) is 16.8 Å². The lowest BCUT2D eigenvalue weighted by molar-refractivity contribution is 0.0730. The van der Waals surface area contributed by atoms with Crippen LogP contribution in [0.4, 0.5) is 0 Å². The zero-order valence-electron chi connectivity index (χ0n) is 18.4. The number of carbonyl (C=O) groups is 1. The summed E-state index contributed by atoms with van der Waals surface area (Å²) in [5.41, 5.74) is 2.04. The van der Waals surface area contributed by atoms with E-state index in [2.05, 4.69) is 41.5 Å². The summed E-state index contributed by atoms with van der Waals surface area (Å²) in [4.78, 5) is 13.3. The first kappa shape index (κ1) is 20.9. The Labute approximate surface area is 173 Å². The maximum absolute atomic E-state index is 13.3. The first-order valence-electron chi connectivity index (χ1n) is 9.95. The summed E-state index contributed by atoms with van der Waals surface area (Å²) in [6.07, 6.45) is 0. The maximum atomic E-state index is 13.3. The number of esters is 1. The van der Waals surface area contributed by atoms with Gasteiger partial charge in [-0.15, -0.1) is 0 Å². The Morgan fingerprint density at radius 2 is 1.34 bits per heavy atom. The molecule has 152 valence electrons. The molecule has 0 aliphatic rings. The molecule has 3 heteroatoms. The van der Waals surface area contributed by atoms with E-state index in [0.29, 0.717) is 11.3 Å².